The first-order valence-corrected chi connectivity index (χ1v) is 6.28. The van der Waals surface area contributed by atoms with Gasteiger partial charge in [-0.1, -0.05) is 6.92 Å². The van der Waals surface area contributed by atoms with E-state index in [1.165, 1.54) is 0 Å². The molecule has 0 fully saturated rings. The molecule has 0 saturated heterocycles. The predicted octanol–water partition coefficient (Wildman–Crippen LogP) is 2.18. The lowest BCUT2D eigenvalue weighted by Crippen LogP contribution is -2.24. The molecule has 1 heterocycles. The zero-order chi connectivity index (χ0) is 13.0. The van der Waals surface area contributed by atoms with Gasteiger partial charge in [-0.15, -0.1) is 0 Å². The third-order valence-electron chi connectivity index (χ3n) is 3.18. The maximum absolute atomic E-state index is 6.15. The van der Waals surface area contributed by atoms with Gasteiger partial charge < -0.3 is 16.0 Å². The first kappa shape index (κ1) is 12.6. The molecule has 0 aliphatic carbocycles. The van der Waals surface area contributed by atoms with E-state index in [4.69, 9.17) is 5.73 Å². The minimum Gasteiger partial charge on any atom is -0.397 e. The standard InChI is InChI=1S/C14H20N4/c1-3-18(2)10-9-17-13-7-6-12-11(14(13)15)5-4-8-16-12/h4-8,17H,3,9-10,15H2,1-2H3. The van der Waals surface area contributed by atoms with Crippen molar-refractivity contribution in [1.82, 2.24) is 9.88 Å². The van der Waals surface area contributed by atoms with Crippen LogP contribution < -0.4 is 11.1 Å². The number of nitrogen functional groups attached to an aromatic ring is 1. The second-order valence-corrected chi connectivity index (χ2v) is 4.42. The van der Waals surface area contributed by atoms with Crippen LogP contribution in [0, 0.1) is 0 Å². The molecule has 4 heteroatoms. The summed E-state index contributed by atoms with van der Waals surface area (Å²) >= 11 is 0. The largest absolute Gasteiger partial charge is 0.397 e. The predicted molar refractivity (Wildman–Crippen MR) is 77.8 cm³/mol. The number of hydrogen-bond acceptors (Lipinski definition) is 4. The molecule has 96 valence electrons. The Hall–Kier alpha value is -1.81. The van der Waals surface area contributed by atoms with Gasteiger partial charge in [0.2, 0.25) is 0 Å². The summed E-state index contributed by atoms with van der Waals surface area (Å²) in [5.74, 6) is 0. The molecule has 2 aromatic rings. The van der Waals surface area contributed by atoms with Gasteiger partial charge in [-0.3, -0.25) is 4.98 Å². The molecular weight excluding hydrogens is 224 g/mol. The van der Waals surface area contributed by atoms with E-state index in [0.29, 0.717) is 0 Å². The molecule has 0 spiro atoms. The molecule has 4 nitrogen and oxygen atoms in total. The second-order valence-electron chi connectivity index (χ2n) is 4.42. The van der Waals surface area contributed by atoms with Crippen molar-refractivity contribution in [1.29, 1.82) is 0 Å². The average Bonchev–Trinajstić information content (AvgIpc) is 2.41. The maximum Gasteiger partial charge on any atom is 0.0724 e. The van der Waals surface area contributed by atoms with E-state index in [-0.39, 0.29) is 0 Å². The summed E-state index contributed by atoms with van der Waals surface area (Å²) in [5, 5.41) is 4.38. The van der Waals surface area contributed by atoms with Crippen LogP contribution >= 0.6 is 0 Å². The van der Waals surface area contributed by atoms with Gasteiger partial charge in [-0.2, -0.15) is 0 Å². The normalized spacial score (nSPS) is 11.1. The zero-order valence-electron chi connectivity index (χ0n) is 11.0. The quantitative estimate of drug-likeness (QED) is 0.792. The molecule has 0 unspecified atom stereocenters. The Labute approximate surface area is 108 Å². The molecule has 1 aromatic heterocycles. The van der Waals surface area contributed by atoms with Gasteiger partial charge in [0.1, 0.15) is 0 Å². The van der Waals surface area contributed by atoms with Gasteiger partial charge in [-0.05, 0) is 37.9 Å². The number of likely N-dealkylation sites (N-methyl/N-ethyl adjacent to an activating group) is 1. The number of hydrogen-bond donors (Lipinski definition) is 2. The molecule has 18 heavy (non-hydrogen) atoms. The summed E-state index contributed by atoms with van der Waals surface area (Å²) < 4.78 is 0. The highest BCUT2D eigenvalue weighted by Gasteiger charge is 2.04. The topological polar surface area (TPSA) is 54.2 Å². The van der Waals surface area contributed by atoms with E-state index in [1.54, 1.807) is 6.20 Å². The van der Waals surface area contributed by atoms with Crippen LogP contribution in [0.1, 0.15) is 6.92 Å². The highest BCUT2D eigenvalue weighted by molar-refractivity contribution is 5.96. The number of nitrogens with zero attached hydrogens (tertiary/aromatic N) is 2. The van der Waals surface area contributed by atoms with Crippen molar-refractivity contribution in [2.75, 3.05) is 37.7 Å². The molecule has 3 N–H and O–H groups in total. The molecule has 0 aliphatic rings. The van der Waals surface area contributed by atoms with E-state index in [9.17, 15) is 0 Å². The Morgan fingerprint density at radius 1 is 1.33 bits per heavy atom. The summed E-state index contributed by atoms with van der Waals surface area (Å²) in [6.45, 7) is 5.09. The number of benzene rings is 1. The van der Waals surface area contributed by atoms with Gasteiger partial charge >= 0.3 is 0 Å². The van der Waals surface area contributed by atoms with Crippen LogP contribution in [0.5, 0.6) is 0 Å². The highest BCUT2D eigenvalue weighted by Crippen LogP contribution is 2.26. The summed E-state index contributed by atoms with van der Waals surface area (Å²) in [6, 6.07) is 7.91. The minimum absolute atomic E-state index is 0.778. The van der Waals surface area contributed by atoms with Gasteiger partial charge in [0, 0.05) is 24.7 Å². The van der Waals surface area contributed by atoms with Crippen LogP contribution in [0.4, 0.5) is 11.4 Å². The van der Waals surface area contributed by atoms with Crippen molar-refractivity contribution in [3.8, 4) is 0 Å². The molecule has 0 radical (unpaired) electrons. The number of nitrogens with two attached hydrogens (primary N) is 1. The van der Waals surface area contributed by atoms with Crippen LogP contribution in [-0.2, 0) is 0 Å². The van der Waals surface area contributed by atoms with Crippen LogP contribution in [0.2, 0.25) is 0 Å². The van der Waals surface area contributed by atoms with Crippen LogP contribution in [-0.4, -0.2) is 36.6 Å². The lowest BCUT2D eigenvalue weighted by atomic mass is 10.1. The summed E-state index contributed by atoms with van der Waals surface area (Å²) in [7, 11) is 2.11. The lowest BCUT2D eigenvalue weighted by Gasteiger charge is -2.16. The van der Waals surface area contributed by atoms with Crippen LogP contribution in [0.25, 0.3) is 10.9 Å². The van der Waals surface area contributed by atoms with E-state index in [0.717, 1.165) is 41.9 Å². The third kappa shape index (κ3) is 2.71. The number of aromatic nitrogens is 1. The number of rotatable bonds is 5. The third-order valence-corrected chi connectivity index (χ3v) is 3.18. The Morgan fingerprint density at radius 3 is 2.94 bits per heavy atom. The van der Waals surface area contributed by atoms with E-state index in [2.05, 4.69) is 29.2 Å². The van der Waals surface area contributed by atoms with Crippen molar-refractivity contribution < 1.29 is 0 Å². The van der Waals surface area contributed by atoms with Gasteiger partial charge in [0.25, 0.3) is 0 Å². The molecule has 0 saturated carbocycles. The monoisotopic (exact) mass is 244 g/mol. The molecule has 2 rings (SSSR count). The Morgan fingerprint density at radius 2 is 2.17 bits per heavy atom. The fraction of sp³-hybridized carbons (Fsp3) is 0.357. The first-order valence-electron chi connectivity index (χ1n) is 6.28. The van der Waals surface area contributed by atoms with Crippen molar-refractivity contribution in [3.05, 3.63) is 30.5 Å². The van der Waals surface area contributed by atoms with E-state index in [1.807, 2.05) is 24.3 Å². The van der Waals surface area contributed by atoms with Gasteiger partial charge in [-0.25, -0.2) is 0 Å². The molecule has 0 atom stereocenters. The fourth-order valence-corrected chi connectivity index (χ4v) is 1.87. The van der Waals surface area contributed by atoms with Gasteiger partial charge in [0.15, 0.2) is 0 Å². The summed E-state index contributed by atoms with van der Waals surface area (Å²) in [5.41, 5.74) is 8.85. The summed E-state index contributed by atoms with van der Waals surface area (Å²) in [6.07, 6.45) is 1.78. The molecule has 1 aromatic carbocycles. The number of pyridine rings is 1. The second kappa shape index (κ2) is 5.69. The first-order chi connectivity index (χ1) is 8.72. The number of nitrogens with one attached hydrogen (secondary N) is 1. The van der Waals surface area contributed by atoms with E-state index >= 15 is 0 Å². The number of anilines is 2. The van der Waals surface area contributed by atoms with Crippen LogP contribution in [0.3, 0.4) is 0 Å². The van der Waals surface area contributed by atoms with Crippen molar-refractivity contribution >= 4 is 22.3 Å². The van der Waals surface area contributed by atoms with E-state index < -0.39 is 0 Å². The average molecular weight is 244 g/mol. The van der Waals surface area contributed by atoms with Gasteiger partial charge in [0.05, 0.1) is 16.9 Å². The summed E-state index contributed by atoms with van der Waals surface area (Å²) in [4.78, 5) is 6.54. The molecular formula is C14H20N4. The SMILES string of the molecule is CCN(C)CCNc1ccc2ncccc2c1N. The van der Waals surface area contributed by atoms with Crippen molar-refractivity contribution in [2.24, 2.45) is 0 Å². The van der Waals surface area contributed by atoms with Crippen molar-refractivity contribution in [3.63, 3.8) is 0 Å². The van der Waals surface area contributed by atoms with Crippen molar-refractivity contribution in [2.45, 2.75) is 6.92 Å². The smallest absolute Gasteiger partial charge is 0.0724 e. The maximum atomic E-state index is 6.15. The molecule has 0 bridgehead atoms. The Kier molecular flexibility index (Phi) is 3.99. The Bertz CT molecular complexity index is 524. The van der Waals surface area contributed by atoms with Crippen LogP contribution in [0.15, 0.2) is 30.5 Å². The lowest BCUT2D eigenvalue weighted by molar-refractivity contribution is 0.367. The molecule has 0 amide bonds. The number of fused-ring (bicyclic) bond motifs is 1. The fourth-order valence-electron chi connectivity index (χ4n) is 1.87. The molecule has 0 aliphatic heterocycles. The zero-order valence-corrected chi connectivity index (χ0v) is 11.0. The Balaban J connectivity index is 2.12. The minimum atomic E-state index is 0.778. The highest BCUT2D eigenvalue weighted by atomic mass is 15.1.